The quantitative estimate of drug-likeness (QED) is 0.425. The van der Waals surface area contributed by atoms with Crippen LogP contribution in [0.25, 0.3) is 22.4 Å². The molecule has 0 atom stereocenters. The van der Waals surface area contributed by atoms with Crippen LogP contribution in [-0.4, -0.2) is 68.8 Å². The first-order chi connectivity index (χ1) is 17.4. The maximum atomic E-state index is 13.4. The highest BCUT2D eigenvalue weighted by Crippen LogP contribution is 2.36. The number of carbonyl (C=O) groups is 1. The number of fused-ring (bicyclic) bond motifs is 1. The number of carboxylic acids is 1. The lowest BCUT2D eigenvalue weighted by Crippen LogP contribution is -2.40. The summed E-state index contributed by atoms with van der Waals surface area (Å²) in [5, 5.41) is 10.1. The van der Waals surface area contributed by atoms with Crippen molar-refractivity contribution in [3.63, 3.8) is 0 Å². The van der Waals surface area contributed by atoms with E-state index in [1.54, 1.807) is 13.0 Å². The van der Waals surface area contributed by atoms with E-state index >= 15 is 0 Å². The van der Waals surface area contributed by atoms with Crippen LogP contribution in [0.4, 0.5) is 10.2 Å². The fourth-order valence-electron chi connectivity index (χ4n) is 4.46. The van der Waals surface area contributed by atoms with E-state index in [0.717, 1.165) is 17.0 Å². The topological polar surface area (TPSA) is 138 Å². The Morgan fingerprint density at radius 3 is 2.54 bits per heavy atom. The van der Waals surface area contributed by atoms with Crippen molar-refractivity contribution in [1.82, 2.24) is 9.29 Å². The number of hydrogen-bond donors (Lipinski definition) is 1. The Balaban J connectivity index is 1.74. The molecule has 0 radical (unpaired) electrons. The van der Waals surface area contributed by atoms with Gasteiger partial charge in [0.05, 0.1) is 17.4 Å². The summed E-state index contributed by atoms with van der Waals surface area (Å²) in [6.45, 7) is 2.35. The predicted octanol–water partition coefficient (Wildman–Crippen LogP) is 3.48. The van der Waals surface area contributed by atoms with Gasteiger partial charge in [-0.15, -0.1) is 0 Å². The molecule has 0 amide bonds. The molecule has 10 nitrogen and oxygen atoms in total. The number of hydrogen-bond acceptors (Lipinski definition) is 7. The maximum Gasteiger partial charge on any atom is 0.340 e. The van der Waals surface area contributed by atoms with Crippen LogP contribution < -0.4 is 4.31 Å². The van der Waals surface area contributed by atoms with Gasteiger partial charge in [0.15, 0.2) is 5.76 Å². The van der Waals surface area contributed by atoms with Crippen molar-refractivity contribution in [3.8, 4) is 11.3 Å². The van der Waals surface area contributed by atoms with Gasteiger partial charge in [-0.05, 0) is 61.6 Å². The summed E-state index contributed by atoms with van der Waals surface area (Å²) in [5.74, 6) is -1.60. The van der Waals surface area contributed by atoms with Crippen LogP contribution in [0.2, 0.25) is 0 Å². The number of aryl methyl sites for hydroxylation is 1. The number of benzene rings is 1. The molecule has 0 aliphatic carbocycles. The van der Waals surface area contributed by atoms with E-state index in [1.165, 1.54) is 28.6 Å². The van der Waals surface area contributed by atoms with Crippen LogP contribution in [0.1, 0.15) is 42.1 Å². The number of aromatic carboxylic acids is 1. The lowest BCUT2D eigenvalue weighted by Gasteiger charge is -2.28. The van der Waals surface area contributed by atoms with Crippen LogP contribution in [-0.2, 0) is 26.5 Å². The number of halogens is 1. The molecule has 37 heavy (non-hydrogen) atoms. The second-order valence-corrected chi connectivity index (χ2v) is 12.9. The fraction of sp³-hybridized carbons (Fsp3) is 0.417. The summed E-state index contributed by atoms with van der Waals surface area (Å²) in [7, 11) is -7.17. The van der Waals surface area contributed by atoms with Crippen molar-refractivity contribution in [1.29, 1.82) is 0 Å². The maximum absolute atomic E-state index is 13.4. The van der Waals surface area contributed by atoms with Crippen LogP contribution in [0.15, 0.2) is 34.7 Å². The smallest absolute Gasteiger partial charge is 0.340 e. The molecule has 13 heteroatoms. The van der Waals surface area contributed by atoms with Gasteiger partial charge in [0.2, 0.25) is 25.8 Å². The molecule has 0 bridgehead atoms. The van der Waals surface area contributed by atoms with E-state index < -0.39 is 31.8 Å². The van der Waals surface area contributed by atoms with Gasteiger partial charge in [-0.25, -0.2) is 30.3 Å². The van der Waals surface area contributed by atoms with Gasteiger partial charge in [0.1, 0.15) is 17.2 Å². The summed E-state index contributed by atoms with van der Waals surface area (Å²) in [4.78, 5) is 16.6. The van der Waals surface area contributed by atoms with Gasteiger partial charge in [-0.2, -0.15) is 4.98 Å². The van der Waals surface area contributed by atoms with Crippen molar-refractivity contribution < 1.29 is 35.5 Å². The summed E-state index contributed by atoms with van der Waals surface area (Å²) in [6, 6.07) is 6.68. The molecule has 0 saturated carbocycles. The van der Waals surface area contributed by atoms with Crippen LogP contribution in [0.3, 0.4) is 0 Å². The molecule has 2 aromatic heterocycles. The largest absolute Gasteiger partial charge is 0.478 e. The average molecular weight is 554 g/mol. The lowest BCUT2D eigenvalue weighted by molar-refractivity contribution is 0.0699. The van der Waals surface area contributed by atoms with E-state index in [9.17, 15) is 31.1 Å². The third-order valence-electron chi connectivity index (χ3n) is 6.30. The number of sulfonamides is 2. The molecule has 0 unspecified atom stereocenters. The molecule has 3 aromatic rings. The minimum Gasteiger partial charge on any atom is -0.478 e. The number of nitrogens with zero attached hydrogens (tertiary/aromatic N) is 3. The van der Waals surface area contributed by atoms with Crippen molar-refractivity contribution in [2.75, 3.05) is 35.9 Å². The molecule has 0 spiro atoms. The minimum atomic E-state index is -3.82. The SMILES string of the molecule is CCc1cc2c(C(=O)O)c(-c3ccc(F)cc3)oc2nc1N(CCCN1CCCCS1(=O)=O)S(C)(=O)=O. The van der Waals surface area contributed by atoms with Crippen molar-refractivity contribution >= 4 is 42.9 Å². The van der Waals surface area contributed by atoms with Crippen molar-refractivity contribution in [2.45, 2.75) is 32.6 Å². The van der Waals surface area contributed by atoms with Crippen LogP contribution in [0, 0.1) is 5.82 Å². The number of pyridine rings is 1. The Morgan fingerprint density at radius 1 is 1.24 bits per heavy atom. The number of carboxylic acid groups (broad SMARTS) is 1. The third kappa shape index (κ3) is 5.63. The second-order valence-electron chi connectivity index (χ2n) is 8.91. The molecule has 1 aliphatic rings. The Kier molecular flexibility index (Phi) is 7.58. The van der Waals surface area contributed by atoms with Gasteiger partial charge < -0.3 is 9.52 Å². The molecule has 200 valence electrons. The van der Waals surface area contributed by atoms with Gasteiger partial charge in [0.25, 0.3) is 0 Å². The van der Waals surface area contributed by atoms with E-state index in [2.05, 4.69) is 4.98 Å². The van der Waals surface area contributed by atoms with Crippen molar-refractivity contribution in [2.24, 2.45) is 0 Å². The zero-order valence-corrected chi connectivity index (χ0v) is 22.1. The standard InChI is InChI=1S/C24H28FN3O7S2/c1-3-16-15-19-20(24(29)30)21(17-7-9-18(25)10-8-17)35-23(19)26-22(16)28(36(2,31)32)13-6-12-27-11-4-5-14-37(27,33)34/h7-10,15H,3-6,11-14H2,1-2H3,(H,29,30). The monoisotopic (exact) mass is 553 g/mol. The summed E-state index contributed by atoms with van der Waals surface area (Å²) >= 11 is 0. The first kappa shape index (κ1) is 27.0. The van der Waals surface area contributed by atoms with Crippen LogP contribution >= 0.6 is 0 Å². The van der Waals surface area contributed by atoms with Gasteiger partial charge >= 0.3 is 5.97 Å². The highest BCUT2D eigenvalue weighted by Gasteiger charge is 2.29. The Labute approximate surface area is 214 Å². The van der Waals surface area contributed by atoms with E-state index in [4.69, 9.17) is 4.42 Å². The molecular formula is C24H28FN3O7S2. The Hall–Kier alpha value is -3.03. The number of aromatic nitrogens is 1. The lowest BCUT2D eigenvalue weighted by atomic mass is 10.0. The molecule has 4 rings (SSSR count). The normalized spacial score (nSPS) is 16.2. The Morgan fingerprint density at radius 2 is 1.95 bits per heavy atom. The molecule has 1 fully saturated rings. The van der Waals surface area contributed by atoms with E-state index in [0.29, 0.717) is 30.5 Å². The van der Waals surface area contributed by atoms with Gasteiger partial charge in [0, 0.05) is 25.2 Å². The molecule has 1 N–H and O–H groups in total. The Bertz CT molecular complexity index is 1530. The highest BCUT2D eigenvalue weighted by molar-refractivity contribution is 7.92. The molecule has 1 saturated heterocycles. The number of furan rings is 1. The molecule has 1 aliphatic heterocycles. The van der Waals surface area contributed by atoms with E-state index in [-0.39, 0.29) is 53.5 Å². The molecule has 1 aromatic carbocycles. The first-order valence-corrected chi connectivity index (χ1v) is 15.3. The summed E-state index contributed by atoms with van der Waals surface area (Å²) < 4.78 is 71.8. The van der Waals surface area contributed by atoms with Gasteiger partial charge in [-0.3, -0.25) is 4.31 Å². The fourth-order valence-corrected chi connectivity index (χ4v) is 7.03. The molecular weight excluding hydrogens is 525 g/mol. The minimum absolute atomic E-state index is 0.0181. The first-order valence-electron chi connectivity index (χ1n) is 11.8. The average Bonchev–Trinajstić information content (AvgIpc) is 3.20. The zero-order chi connectivity index (χ0) is 27.0. The van der Waals surface area contributed by atoms with Gasteiger partial charge in [-0.1, -0.05) is 6.92 Å². The number of anilines is 1. The third-order valence-corrected chi connectivity index (χ3v) is 9.41. The summed E-state index contributed by atoms with van der Waals surface area (Å²) in [6.07, 6.45) is 2.99. The number of rotatable bonds is 9. The highest BCUT2D eigenvalue weighted by atomic mass is 32.2. The zero-order valence-electron chi connectivity index (χ0n) is 20.5. The van der Waals surface area contributed by atoms with Crippen molar-refractivity contribution in [3.05, 3.63) is 47.3 Å². The predicted molar refractivity (Wildman–Crippen MR) is 137 cm³/mol. The summed E-state index contributed by atoms with van der Waals surface area (Å²) in [5.41, 5.74) is 0.587. The van der Waals surface area contributed by atoms with E-state index in [1.807, 2.05) is 0 Å². The second kappa shape index (κ2) is 10.4. The van der Waals surface area contributed by atoms with Crippen LogP contribution in [0.5, 0.6) is 0 Å². The molecule has 3 heterocycles.